The third-order valence-electron chi connectivity index (χ3n) is 2.37. The van der Waals surface area contributed by atoms with Crippen molar-refractivity contribution in [1.29, 1.82) is 0 Å². The smallest absolute Gasteiger partial charge is 0.234 e. The molecule has 4 nitrogen and oxygen atoms in total. The predicted molar refractivity (Wildman–Crippen MR) is 75.5 cm³/mol. The second-order valence-electron chi connectivity index (χ2n) is 4.75. The van der Waals surface area contributed by atoms with Crippen LogP contribution in [-0.2, 0) is 11.3 Å². The zero-order chi connectivity index (χ0) is 13.7. The molecule has 3 N–H and O–H groups in total. The van der Waals surface area contributed by atoms with Gasteiger partial charge in [0.05, 0.1) is 6.54 Å². The number of benzene rings is 1. The first-order chi connectivity index (χ1) is 8.38. The monoisotopic (exact) mass is 269 g/mol. The Morgan fingerprint density at radius 2 is 2.17 bits per heavy atom. The zero-order valence-electron chi connectivity index (χ0n) is 11.0. The van der Waals surface area contributed by atoms with Crippen LogP contribution in [0.2, 0.25) is 5.02 Å². The van der Waals surface area contributed by atoms with E-state index in [1.54, 1.807) is 12.1 Å². The van der Waals surface area contributed by atoms with Gasteiger partial charge in [-0.05, 0) is 44.7 Å². The number of halogens is 1. The molecule has 0 heterocycles. The van der Waals surface area contributed by atoms with Crippen molar-refractivity contribution < 1.29 is 4.79 Å². The average Bonchev–Trinajstić information content (AvgIpc) is 2.21. The lowest BCUT2D eigenvalue weighted by Gasteiger charge is -2.18. The molecule has 18 heavy (non-hydrogen) atoms. The van der Waals surface area contributed by atoms with Crippen LogP contribution in [0.3, 0.4) is 0 Å². The molecule has 0 aliphatic heterocycles. The van der Waals surface area contributed by atoms with Crippen LogP contribution in [0.15, 0.2) is 18.2 Å². The van der Waals surface area contributed by atoms with Gasteiger partial charge in [0.1, 0.15) is 0 Å². The van der Waals surface area contributed by atoms with Gasteiger partial charge in [0.2, 0.25) is 5.91 Å². The number of nitrogen functional groups attached to an aromatic ring is 1. The maximum absolute atomic E-state index is 11.6. The quantitative estimate of drug-likeness (QED) is 0.803. The van der Waals surface area contributed by atoms with E-state index in [1.165, 1.54) is 0 Å². The summed E-state index contributed by atoms with van der Waals surface area (Å²) >= 11 is 6.08. The Morgan fingerprint density at radius 1 is 1.50 bits per heavy atom. The van der Waals surface area contributed by atoms with Crippen LogP contribution in [0.4, 0.5) is 5.69 Å². The van der Waals surface area contributed by atoms with Crippen LogP contribution < -0.4 is 11.1 Å². The van der Waals surface area contributed by atoms with Crippen molar-refractivity contribution >= 4 is 23.2 Å². The number of carbonyl (C=O) groups excluding carboxylic acids is 1. The summed E-state index contributed by atoms with van der Waals surface area (Å²) in [7, 11) is 1.87. The van der Waals surface area contributed by atoms with Crippen molar-refractivity contribution in [2.45, 2.75) is 26.4 Å². The summed E-state index contributed by atoms with van der Waals surface area (Å²) in [5.74, 6) is 0.00697. The lowest BCUT2D eigenvalue weighted by molar-refractivity contribution is -0.122. The first kappa shape index (κ1) is 14.8. The summed E-state index contributed by atoms with van der Waals surface area (Å²) in [6, 6.07) is 5.52. The summed E-state index contributed by atoms with van der Waals surface area (Å²) in [4.78, 5) is 13.5. The van der Waals surface area contributed by atoms with Crippen molar-refractivity contribution in [2.75, 3.05) is 19.3 Å². The van der Waals surface area contributed by atoms with Crippen molar-refractivity contribution in [1.82, 2.24) is 10.2 Å². The minimum absolute atomic E-state index is 0.00697. The summed E-state index contributed by atoms with van der Waals surface area (Å²) < 4.78 is 0. The summed E-state index contributed by atoms with van der Waals surface area (Å²) in [5.41, 5.74) is 7.32. The number of rotatable bonds is 5. The number of nitrogens with zero attached hydrogens (tertiary/aromatic N) is 1. The molecular weight excluding hydrogens is 250 g/mol. The van der Waals surface area contributed by atoms with E-state index in [-0.39, 0.29) is 11.9 Å². The summed E-state index contributed by atoms with van der Waals surface area (Å²) in [6.45, 7) is 4.80. The molecular formula is C13H20ClN3O. The fourth-order valence-electron chi connectivity index (χ4n) is 1.68. The molecule has 5 heteroatoms. The van der Waals surface area contributed by atoms with Crippen LogP contribution in [0, 0.1) is 0 Å². The van der Waals surface area contributed by atoms with E-state index in [1.807, 2.05) is 31.9 Å². The van der Waals surface area contributed by atoms with Crippen molar-refractivity contribution in [3.05, 3.63) is 28.8 Å². The Bertz CT molecular complexity index is 421. The molecule has 0 aliphatic carbocycles. The summed E-state index contributed by atoms with van der Waals surface area (Å²) in [5, 5.41) is 3.51. The van der Waals surface area contributed by atoms with Gasteiger partial charge in [-0.15, -0.1) is 0 Å². The molecule has 0 radical (unpaired) electrons. The highest BCUT2D eigenvalue weighted by molar-refractivity contribution is 6.31. The molecule has 0 aromatic heterocycles. The van der Waals surface area contributed by atoms with E-state index in [2.05, 4.69) is 5.32 Å². The van der Waals surface area contributed by atoms with E-state index in [4.69, 9.17) is 17.3 Å². The van der Waals surface area contributed by atoms with Crippen molar-refractivity contribution in [3.63, 3.8) is 0 Å². The number of nitrogens with one attached hydrogen (secondary N) is 1. The number of hydrogen-bond donors (Lipinski definition) is 2. The fraction of sp³-hybridized carbons (Fsp3) is 0.462. The second-order valence-corrected chi connectivity index (χ2v) is 5.15. The predicted octanol–water partition coefficient (Wildman–Crippen LogP) is 1.88. The van der Waals surface area contributed by atoms with Gasteiger partial charge in [0, 0.05) is 23.3 Å². The maximum atomic E-state index is 11.6. The SMILES string of the molecule is CC(C)NC(=O)CN(C)Cc1cc(N)ccc1Cl. The van der Waals surface area contributed by atoms with Crippen LogP contribution in [0.25, 0.3) is 0 Å². The van der Waals surface area contributed by atoms with E-state index < -0.39 is 0 Å². The number of hydrogen-bond acceptors (Lipinski definition) is 3. The topological polar surface area (TPSA) is 58.4 Å². The number of nitrogens with two attached hydrogens (primary N) is 1. The molecule has 1 aromatic rings. The molecule has 1 rings (SSSR count). The largest absolute Gasteiger partial charge is 0.399 e. The van der Waals surface area contributed by atoms with Gasteiger partial charge in [-0.1, -0.05) is 11.6 Å². The number of likely N-dealkylation sites (N-methyl/N-ethyl adjacent to an activating group) is 1. The Hall–Kier alpha value is -1.26. The molecule has 1 aromatic carbocycles. The lowest BCUT2D eigenvalue weighted by atomic mass is 10.2. The molecule has 0 spiro atoms. The highest BCUT2D eigenvalue weighted by atomic mass is 35.5. The van der Waals surface area contributed by atoms with E-state index in [0.717, 1.165) is 5.56 Å². The van der Waals surface area contributed by atoms with Crippen molar-refractivity contribution in [2.24, 2.45) is 0 Å². The van der Waals surface area contributed by atoms with E-state index in [0.29, 0.717) is 23.8 Å². The normalized spacial score (nSPS) is 11.0. The number of anilines is 1. The highest BCUT2D eigenvalue weighted by Crippen LogP contribution is 2.19. The third kappa shape index (κ3) is 4.94. The maximum Gasteiger partial charge on any atom is 0.234 e. The van der Waals surface area contributed by atoms with Crippen LogP contribution >= 0.6 is 11.6 Å². The van der Waals surface area contributed by atoms with Gasteiger partial charge in [-0.25, -0.2) is 0 Å². The minimum atomic E-state index is 0.00697. The van der Waals surface area contributed by atoms with E-state index >= 15 is 0 Å². The Kier molecular flexibility index (Phi) is 5.44. The van der Waals surface area contributed by atoms with Crippen LogP contribution in [0.5, 0.6) is 0 Å². The highest BCUT2D eigenvalue weighted by Gasteiger charge is 2.10. The van der Waals surface area contributed by atoms with Gasteiger partial charge >= 0.3 is 0 Å². The molecule has 0 unspecified atom stereocenters. The molecule has 100 valence electrons. The summed E-state index contributed by atoms with van der Waals surface area (Å²) in [6.07, 6.45) is 0. The standard InChI is InChI=1S/C13H20ClN3O/c1-9(2)16-13(18)8-17(3)7-10-6-11(15)4-5-12(10)14/h4-6,9H,7-8,15H2,1-3H3,(H,16,18). The average molecular weight is 270 g/mol. The minimum Gasteiger partial charge on any atom is -0.399 e. The Labute approximate surface area is 113 Å². The number of amides is 1. The van der Waals surface area contributed by atoms with Gasteiger partial charge in [0.25, 0.3) is 0 Å². The van der Waals surface area contributed by atoms with Crippen LogP contribution in [0.1, 0.15) is 19.4 Å². The van der Waals surface area contributed by atoms with Gasteiger partial charge in [-0.2, -0.15) is 0 Å². The molecule has 0 fully saturated rings. The van der Waals surface area contributed by atoms with Crippen LogP contribution in [-0.4, -0.2) is 30.4 Å². The third-order valence-corrected chi connectivity index (χ3v) is 2.74. The first-order valence-electron chi connectivity index (χ1n) is 5.90. The Morgan fingerprint density at radius 3 is 2.78 bits per heavy atom. The fourth-order valence-corrected chi connectivity index (χ4v) is 1.85. The van der Waals surface area contributed by atoms with E-state index in [9.17, 15) is 4.79 Å². The van der Waals surface area contributed by atoms with Gasteiger partial charge in [-0.3, -0.25) is 9.69 Å². The molecule has 0 saturated carbocycles. The van der Waals surface area contributed by atoms with Gasteiger partial charge in [0.15, 0.2) is 0 Å². The first-order valence-corrected chi connectivity index (χ1v) is 6.28. The lowest BCUT2D eigenvalue weighted by Crippen LogP contribution is -2.38. The zero-order valence-corrected chi connectivity index (χ0v) is 11.8. The number of carbonyl (C=O) groups is 1. The molecule has 0 bridgehead atoms. The molecule has 0 aliphatic rings. The molecule has 0 saturated heterocycles. The van der Waals surface area contributed by atoms with Gasteiger partial charge < -0.3 is 11.1 Å². The molecule has 0 atom stereocenters. The Balaban J connectivity index is 2.56. The van der Waals surface area contributed by atoms with Crippen molar-refractivity contribution in [3.8, 4) is 0 Å². The molecule has 1 amide bonds. The second kappa shape index (κ2) is 6.61.